The number of hydrogen-bond acceptors (Lipinski definition) is 4. The van der Waals surface area contributed by atoms with E-state index in [-0.39, 0.29) is 24.7 Å². The molecule has 6 heteroatoms. The van der Waals surface area contributed by atoms with Crippen molar-refractivity contribution < 1.29 is 19.1 Å². The standard InChI is InChI=1S/C18H24ClNO4/c1-2-16(13-8-10-15(19)11-9-13)20-18(22)24-12-23-17(21)14-6-4-3-5-7-14/h8-11,14,16H,2-7,12H2,1H3,(H,20,22). The Morgan fingerprint density at radius 1 is 1.17 bits per heavy atom. The molecule has 0 aromatic heterocycles. The number of nitrogens with one attached hydrogen (secondary N) is 1. The number of ether oxygens (including phenoxy) is 2. The van der Waals surface area contributed by atoms with E-state index < -0.39 is 6.09 Å². The summed E-state index contributed by atoms with van der Waals surface area (Å²) in [6.45, 7) is 1.61. The van der Waals surface area contributed by atoms with Crippen molar-refractivity contribution in [3.63, 3.8) is 0 Å². The lowest BCUT2D eigenvalue weighted by Gasteiger charge is -2.20. The van der Waals surface area contributed by atoms with Crippen molar-refractivity contribution in [3.05, 3.63) is 34.9 Å². The molecular formula is C18H24ClNO4. The summed E-state index contributed by atoms with van der Waals surface area (Å²) in [5.74, 6) is -0.324. The van der Waals surface area contributed by atoms with Gasteiger partial charge in [-0.25, -0.2) is 4.79 Å². The Bertz CT molecular complexity index is 540. The highest BCUT2D eigenvalue weighted by Gasteiger charge is 2.23. The molecule has 1 aliphatic carbocycles. The van der Waals surface area contributed by atoms with Gasteiger partial charge in [0.15, 0.2) is 0 Å². The minimum Gasteiger partial charge on any atom is -0.428 e. The number of benzene rings is 1. The first-order valence-electron chi connectivity index (χ1n) is 8.45. The van der Waals surface area contributed by atoms with Crippen LogP contribution in [0, 0.1) is 5.92 Å². The summed E-state index contributed by atoms with van der Waals surface area (Å²) in [6, 6.07) is 7.10. The van der Waals surface area contributed by atoms with Gasteiger partial charge in [0.2, 0.25) is 6.79 Å². The van der Waals surface area contributed by atoms with Crippen molar-refractivity contribution in [2.45, 2.75) is 51.5 Å². The van der Waals surface area contributed by atoms with Gasteiger partial charge in [-0.3, -0.25) is 4.79 Å². The second-order valence-corrected chi connectivity index (χ2v) is 6.44. The van der Waals surface area contributed by atoms with Crippen molar-refractivity contribution in [1.82, 2.24) is 5.32 Å². The summed E-state index contributed by atoms with van der Waals surface area (Å²) < 4.78 is 10.0. The lowest BCUT2D eigenvalue weighted by molar-refractivity contribution is -0.158. The first-order chi connectivity index (χ1) is 11.6. The number of carbonyl (C=O) groups excluding carboxylic acids is 2. The molecule has 132 valence electrons. The summed E-state index contributed by atoms with van der Waals surface area (Å²) in [5.41, 5.74) is 0.943. The quantitative estimate of drug-likeness (QED) is 0.599. The van der Waals surface area contributed by atoms with Crippen LogP contribution < -0.4 is 5.32 Å². The van der Waals surface area contributed by atoms with Crippen LogP contribution in [0.1, 0.15) is 57.1 Å². The number of rotatable bonds is 6. The molecule has 1 unspecified atom stereocenters. The van der Waals surface area contributed by atoms with E-state index in [0.717, 1.165) is 31.2 Å². The van der Waals surface area contributed by atoms with Crippen LogP contribution in [0.25, 0.3) is 0 Å². The SMILES string of the molecule is CCC(NC(=O)OCOC(=O)C1CCCCC1)c1ccc(Cl)cc1. The fourth-order valence-corrected chi connectivity index (χ4v) is 3.02. The van der Waals surface area contributed by atoms with E-state index in [9.17, 15) is 9.59 Å². The molecule has 0 radical (unpaired) electrons. The molecule has 1 N–H and O–H groups in total. The third-order valence-electron chi connectivity index (χ3n) is 4.30. The molecule has 0 aliphatic heterocycles. The molecule has 0 heterocycles. The van der Waals surface area contributed by atoms with Gasteiger partial charge in [0.25, 0.3) is 0 Å². The van der Waals surface area contributed by atoms with E-state index in [4.69, 9.17) is 21.1 Å². The fourth-order valence-electron chi connectivity index (χ4n) is 2.90. The molecule has 1 amide bonds. The van der Waals surface area contributed by atoms with Gasteiger partial charge in [0.1, 0.15) is 0 Å². The Balaban J connectivity index is 1.73. The lowest BCUT2D eigenvalue weighted by Crippen LogP contribution is -2.30. The second kappa shape index (κ2) is 9.52. The molecule has 1 saturated carbocycles. The van der Waals surface area contributed by atoms with Gasteiger partial charge in [-0.05, 0) is 37.0 Å². The fraction of sp³-hybridized carbons (Fsp3) is 0.556. The lowest BCUT2D eigenvalue weighted by atomic mass is 9.89. The monoisotopic (exact) mass is 353 g/mol. The minimum atomic E-state index is -0.603. The van der Waals surface area contributed by atoms with Crippen LogP contribution in [0.2, 0.25) is 5.02 Å². The van der Waals surface area contributed by atoms with E-state index in [2.05, 4.69) is 5.32 Å². The van der Waals surface area contributed by atoms with Crippen LogP contribution in [0.3, 0.4) is 0 Å². The first kappa shape index (κ1) is 18.6. The highest BCUT2D eigenvalue weighted by molar-refractivity contribution is 6.30. The van der Waals surface area contributed by atoms with Crippen molar-refractivity contribution in [2.24, 2.45) is 5.92 Å². The Hall–Kier alpha value is -1.75. The Labute approximate surface area is 147 Å². The third-order valence-corrected chi connectivity index (χ3v) is 4.55. The molecule has 1 aromatic carbocycles. The summed E-state index contributed by atoms with van der Waals surface area (Å²) in [4.78, 5) is 23.7. The zero-order chi connectivity index (χ0) is 17.4. The van der Waals surface area contributed by atoms with Crippen LogP contribution in [0.15, 0.2) is 24.3 Å². The Morgan fingerprint density at radius 3 is 2.46 bits per heavy atom. The maximum Gasteiger partial charge on any atom is 0.410 e. The normalized spacial score (nSPS) is 16.2. The molecule has 24 heavy (non-hydrogen) atoms. The van der Waals surface area contributed by atoms with Crippen molar-refractivity contribution >= 4 is 23.7 Å². The molecule has 5 nitrogen and oxygen atoms in total. The zero-order valence-electron chi connectivity index (χ0n) is 13.9. The molecule has 1 fully saturated rings. The number of hydrogen-bond donors (Lipinski definition) is 1. The van der Waals surface area contributed by atoms with Gasteiger partial charge in [-0.1, -0.05) is 49.9 Å². The zero-order valence-corrected chi connectivity index (χ0v) is 14.7. The highest BCUT2D eigenvalue weighted by atomic mass is 35.5. The molecule has 1 aromatic rings. The molecule has 0 saturated heterocycles. The van der Waals surface area contributed by atoms with Gasteiger partial charge >= 0.3 is 12.1 Å². The second-order valence-electron chi connectivity index (χ2n) is 6.00. The van der Waals surface area contributed by atoms with Gasteiger partial charge < -0.3 is 14.8 Å². The van der Waals surface area contributed by atoms with Crippen LogP contribution in [-0.4, -0.2) is 18.9 Å². The topological polar surface area (TPSA) is 64.6 Å². The van der Waals surface area contributed by atoms with Gasteiger partial charge in [-0.2, -0.15) is 0 Å². The summed E-state index contributed by atoms with van der Waals surface area (Å²) in [7, 11) is 0. The molecule has 0 spiro atoms. The largest absolute Gasteiger partial charge is 0.428 e. The van der Waals surface area contributed by atoms with E-state index >= 15 is 0 Å². The van der Waals surface area contributed by atoms with Crippen molar-refractivity contribution in [3.8, 4) is 0 Å². The summed E-state index contributed by atoms with van der Waals surface area (Å²) in [5, 5.41) is 3.40. The van der Waals surface area contributed by atoms with Gasteiger partial charge in [0, 0.05) is 5.02 Å². The number of amides is 1. The van der Waals surface area contributed by atoms with E-state index in [0.29, 0.717) is 11.4 Å². The van der Waals surface area contributed by atoms with Gasteiger partial charge in [0.05, 0.1) is 12.0 Å². The summed E-state index contributed by atoms with van der Waals surface area (Å²) >= 11 is 5.87. The maximum absolute atomic E-state index is 11.9. The molecule has 1 atom stereocenters. The Morgan fingerprint density at radius 2 is 1.83 bits per heavy atom. The van der Waals surface area contributed by atoms with E-state index in [1.54, 1.807) is 12.1 Å². The average molecular weight is 354 g/mol. The maximum atomic E-state index is 11.9. The molecule has 2 rings (SSSR count). The number of carbonyl (C=O) groups is 2. The number of alkyl carbamates (subject to hydrolysis) is 1. The van der Waals surface area contributed by atoms with Crippen LogP contribution >= 0.6 is 11.6 Å². The van der Waals surface area contributed by atoms with E-state index in [1.807, 2.05) is 19.1 Å². The minimum absolute atomic E-state index is 0.0529. The third kappa shape index (κ3) is 5.71. The van der Waals surface area contributed by atoms with E-state index in [1.165, 1.54) is 6.42 Å². The smallest absolute Gasteiger partial charge is 0.410 e. The predicted octanol–water partition coefficient (Wildman–Crippen LogP) is 4.60. The van der Waals surface area contributed by atoms with Crippen molar-refractivity contribution in [1.29, 1.82) is 0 Å². The average Bonchev–Trinajstić information content (AvgIpc) is 2.61. The van der Waals surface area contributed by atoms with Crippen LogP contribution in [0.5, 0.6) is 0 Å². The number of halogens is 1. The first-order valence-corrected chi connectivity index (χ1v) is 8.83. The molecule has 1 aliphatic rings. The van der Waals surface area contributed by atoms with Gasteiger partial charge in [-0.15, -0.1) is 0 Å². The highest BCUT2D eigenvalue weighted by Crippen LogP contribution is 2.24. The number of esters is 1. The van der Waals surface area contributed by atoms with Crippen LogP contribution in [0.4, 0.5) is 4.79 Å². The molecular weight excluding hydrogens is 330 g/mol. The molecule has 0 bridgehead atoms. The summed E-state index contributed by atoms with van der Waals surface area (Å²) in [6.07, 6.45) is 5.11. The van der Waals surface area contributed by atoms with Crippen LogP contribution in [-0.2, 0) is 14.3 Å². The van der Waals surface area contributed by atoms with Crippen molar-refractivity contribution in [2.75, 3.05) is 6.79 Å². The predicted molar refractivity (Wildman–Crippen MR) is 91.6 cm³/mol. The Kier molecular flexibility index (Phi) is 7.37.